The van der Waals surface area contributed by atoms with Gasteiger partial charge in [-0.15, -0.1) is 0 Å². The summed E-state index contributed by atoms with van der Waals surface area (Å²) in [5, 5.41) is 0. The van der Waals surface area contributed by atoms with Gasteiger partial charge >= 0.3 is 0 Å². The summed E-state index contributed by atoms with van der Waals surface area (Å²) in [6.45, 7) is 2.25. The van der Waals surface area contributed by atoms with Gasteiger partial charge < -0.3 is 11.5 Å². The molecule has 0 aromatic carbocycles. The molecule has 1 saturated carbocycles. The molecule has 5 nitrogen and oxygen atoms in total. The van der Waals surface area contributed by atoms with Crippen LogP contribution in [0.5, 0.6) is 0 Å². The fraction of sp³-hybridized carbons (Fsp3) is 0.615. The van der Waals surface area contributed by atoms with Crippen LogP contribution in [0.2, 0.25) is 0 Å². The molecule has 2 rings (SSSR count). The molecule has 4 N–H and O–H groups in total. The van der Waals surface area contributed by atoms with Crippen LogP contribution in [0.25, 0.3) is 0 Å². The van der Waals surface area contributed by atoms with Crippen molar-refractivity contribution in [2.45, 2.75) is 45.4 Å². The van der Waals surface area contributed by atoms with Gasteiger partial charge in [0.2, 0.25) is 5.95 Å². The minimum absolute atomic E-state index is 0.198. The van der Waals surface area contributed by atoms with Crippen molar-refractivity contribution in [3.8, 4) is 0 Å². The van der Waals surface area contributed by atoms with Crippen LogP contribution in [-0.2, 0) is 6.42 Å². The lowest BCUT2D eigenvalue weighted by Crippen LogP contribution is -2.26. The molecule has 1 amide bonds. The van der Waals surface area contributed by atoms with Gasteiger partial charge in [0.25, 0.3) is 5.91 Å². The Morgan fingerprint density at radius 2 is 2.06 bits per heavy atom. The smallest absolute Gasteiger partial charge is 0.252 e. The van der Waals surface area contributed by atoms with Crippen LogP contribution in [0.15, 0.2) is 6.20 Å². The highest BCUT2D eigenvalue weighted by atomic mass is 16.1. The number of primary amides is 1. The molecule has 18 heavy (non-hydrogen) atoms. The highest BCUT2D eigenvalue weighted by Gasteiger charge is 2.29. The first kappa shape index (κ1) is 12.8. The summed E-state index contributed by atoms with van der Waals surface area (Å²) in [7, 11) is 0. The van der Waals surface area contributed by atoms with Crippen LogP contribution < -0.4 is 11.5 Å². The average Bonchev–Trinajstić information content (AvgIpc) is 2.28. The van der Waals surface area contributed by atoms with Gasteiger partial charge in [0.1, 0.15) is 0 Å². The van der Waals surface area contributed by atoms with Gasteiger partial charge in [-0.1, -0.05) is 26.2 Å². The normalized spacial score (nSPS) is 18.5. The monoisotopic (exact) mass is 248 g/mol. The topological polar surface area (TPSA) is 94.9 Å². The molecule has 0 bridgehead atoms. The zero-order valence-electron chi connectivity index (χ0n) is 10.8. The number of carbonyl (C=O) groups is 1. The van der Waals surface area contributed by atoms with E-state index in [1.165, 1.54) is 25.5 Å². The second-order valence-corrected chi connectivity index (χ2v) is 5.50. The van der Waals surface area contributed by atoms with Crippen LogP contribution in [-0.4, -0.2) is 15.9 Å². The molecule has 0 unspecified atom stereocenters. The van der Waals surface area contributed by atoms with Crippen molar-refractivity contribution < 1.29 is 4.79 Å². The molecule has 98 valence electrons. The number of nitrogen functional groups attached to an aromatic ring is 1. The Hall–Kier alpha value is -1.65. The molecule has 1 fully saturated rings. The van der Waals surface area contributed by atoms with Gasteiger partial charge in [-0.25, -0.2) is 9.97 Å². The lowest BCUT2D eigenvalue weighted by Gasteiger charge is -2.33. The first-order valence-corrected chi connectivity index (χ1v) is 6.41. The summed E-state index contributed by atoms with van der Waals surface area (Å²) in [6, 6.07) is 0. The summed E-state index contributed by atoms with van der Waals surface area (Å²) in [6.07, 6.45) is 8.28. The summed E-state index contributed by atoms with van der Waals surface area (Å²) in [5.74, 6) is -0.279. The number of anilines is 1. The Balaban J connectivity index is 2.26. The number of hydrogen-bond acceptors (Lipinski definition) is 4. The number of nitrogens with zero attached hydrogens (tertiary/aromatic N) is 2. The van der Waals surface area contributed by atoms with E-state index in [9.17, 15) is 4.79 Å². The largest absolute Gasteiger partial charge is 0.368 e. The van der Waals surface area contributed by atoms with Gasteiger partial charge in [-0.2, -0.15) is 0 Å². The summed E-state index contributed by atoms with van der Waals surface area (Å²) < 4.78 is 0. The van der Waals surface area contributed by atoms with Gasteiger partial charge in [0.05, 0.1) is 11.3 Å². The molecule has 1 aliphatic carbocycles. The highest BCUT2D eigenvalue weighted by Crippen LogP contribution is 2.38. The van der Waals surface area contributed by atoms with Gasteiger partial charge in [0, 0.05) is 6.20 Å². The third-order valence-electron chi connectivity index (χ3n) is 3.81. The van der Waals surface area contributed by atoms with Crippen molar-refractivity contribution in [3.05, 3.63) is 17.5 Å². The fourth-order valence-electron chi connectivity index (χ4n) is 2.76. The number of nitrogens with two attached hydrogens (primary N) is 2. The van der Waals surface area contributed by atoms with Crippen molar-refractivity contribution in [3.63, 3.8) is 0 Å². The fourth-order valence-corrected chi connectivity index (χ4v) is 2.76. The molecule has 0 radical (unpaired) electrons. The Morgan fingerprint density at radius 1 is 1.39 bits per heavy atom. The van der Waals surface area contributed by atoms with Crippen LogP contribution >= 0.6 is 0 Å². The van der Waals surface area contributed by atoms with Crippen molar-refractivity contribution in [1.82, 2.24) is 9.97 Å². The van der Waals surface area contributed by atoms with Crippen LogP contribution in [0, 0.1) is 5.41 Å². The molecule has 0 saturated heterocycles. The van der Waals surface area contributed by atoms with E-state index in [0.717, 1.165) is 19.3 Å². The molecular weight excluding hydrogens is 228 g/mol. The van der Waals surface area contributed by atoms with Crippen molar-refractivity contribution >= 4 is 11.9 Å². The van der Waals surface area contributed by atoms with Crippen LogP contribution in [0.1, 0.15) is 55.1 Å². The highest BCUT2D eigenvalue weighted by molar-refractivity contribution is 5.93. The maximum Gasteiger partial charge on any atom is 0.252 e. The number of amides is 1. The quantitative estimate of drug-likeness (QED) is 0.850. The molecule has 0 aliphatic heterocycles. The zero-order chi connectivity index (χ0) is 13.2. The van der Waals surface area contributed by atoms with Gasteiger partial charge in [-0.05, 0) is 24.7 Å². The van der Waals surface area contributed by atoms with E-state index in [0.29, 0.717) is 11.3 Å². The van der Waals surface area contributed by atoms with E-state index >= 15 is 0 Å². The first-order valence-electron chi connectivity index (χ1n) is 6.41. The number of hydrogen-bond donors (Lipinski definition) is 2. The molecule has 0 atom stereocenters. The maximum absolute atomic E-state index is 11.4. The third kappa shape index (κ3) is 2.78. The van der Waals surface area contributed by atoms with Crippen molar-refractivity contribution in [2.75, 3.05) is 5.73 Å². The summed E-state index contributed by atoms with van der Waals surface area (Å²) >= 11 is 0. The lowest BCUT2D eigenvalue weighted by molar-refractivity contribution is 0.0997. The molecular formula is C13H20N4O. The third-order valence-corrected chi connectivity index (χ3v) is 3.81. The molecule has 1 aromatic rings. The van der Waals surface area contributed by atoms with E-state index in [2.05, 4.69) is 16.9 Å². The zero-order valence-corrected chi connectivity index (χ0v) is 10.8. The second-order valence-electron chi connectivity index (χ2n) is 5.50. The predicted octanol–water partition coefficient (Wildman–Crippen LogP) is 1.67. The molecule has 1 heterocycles. The van der Waals surface area contributed by atoms with E-state index in [4.69, 9.17) is 11.5 Å². The molecule has 1 aromatic heterocycles. The van der Waals surface area contributed by atoms with Gasteiger partial charge in [0.15, 0.2) is 0 Å². The predicted molar refractivity (Wildman–Crippen MR) is 69.9 cm³/mol. The standard InChI is InChI=1S/C13H20N4O/c1-13(5-3-2-4-6-13)7-10-9(11(14)18)8-16-12(15)17-10/h8H,2-7H2,1H3,(H2,14,18)(H2,15,16,17). The summed E-state index contributed by atoms with van der Waals surface area (Å²) in [4.78, 5) is 19.4. The van der Waals surface area contributed by atoms with Crippen LogP contribution in [0.4, 0.5) is 5.95 Å². The van der Waals surface area contributed by atoms with E-state index in [1.807, 2.05) is 0 Å². The Morgan fingerprint density at radius 3 is 2.67 bits per heavy atom. The Labute approximate surface area is 107 Å². The SMILES string of the molecule is CC1(Cc2nc(N)ncc2C(N)=O)CCCCC1. The van der Waals surface area contributed by atoms with E-state index in [-0.39, 0.29) is 11.4 Å². The number of carbonyl (C=O) groups excluding carboxylic acids is 1. The lowest BCUT2D eigenvalue weighted by atomic mass is 9.72. The molecule has 5 heteroatoms. The van der Waals surface area contributed by atoms with Crippen molar-refractivity contribution in [1.29, 1.82) is 0 Å². The minimum Gasteiger partial charge on any atom is -0.368 e. The number of rotatable bonds is 3. The first-order chi connectivity index (χ1) is 8.50. The average molecular weight is 248 g/mol. The Bertz CT molecular complexity index is 452. The summed E-state index contributed by atoms with van der Waals surface area (Å²) in [5.41, 5.74) is 12.2. The van der Waals surface area contributed by atoms with E-state index in [1.54, 1.807) is 0 Å². The minimum atomic E-state index is -0.482. The molecule has 0 spiro atoms. The van der Waals surface area contributed by atoms with Crippen LogP contribution in [0.3, 0.4) is 0 Å². The second kappa shape index (κ2) is 4.92. The number of aromatic nitrogens is 2. The Kier molecular flexibility index (Phi) is 3.50. The molecule has 1 aliphatic rings. The maximum atomic E-state index is 11.4. The van der Waals surface area contributed by atoms with E-state index < -0.39 is 5.91 Å². The van der Waals surface area contributed by atoms with Crippen molar-refractivity contribution in [2.24, 2.45) is 11.1 Å². The van der Waals surface area contributed by atoms with Gasteiger partial charge in [-0.3, -0.25) is 4.79 Å².